The van der Waals surface area contributed by atoms with E-state index in [9.17, 15) is 4.79 Å². The van der Waals surface area contributed by atoms with Gasteiger partial charge in [-0.05, 0) is 17.5 Å². The highest BCUT2D eigenvalue weighted by atomic mass is 16.2. The van der Waals surface area contributed by atoms with Gasteiger partial charge >= 0.3 is 0 Å². The van der Waals surface area contributed by atoms with Crippen LogP contribution in [0.25, 0.3) is 0 Å². The molecule has 0 bridgehead atoms. The number of aliphatic imine (C=N–C) groups is 1. The summed E-state index contributed by atoms with van der Waals surface area (Å²) in [4.78, 5) is 18.7. The quantitative estimate of drug-likeness (QED) is 0.378. The third-order valence-electron chi connectivity index (χ3n) is 4.05. The van der Waals surface area contributed by atoms with Crippen LogP contribution in [0, 0.1) is 17.4 Å². The molecule has 1 amide bonds. The number of rotatable bonds is 2. The van der Waals surface area contributed by atoms with Gasteiger partial charge in [-0.25, -0.2) is 0 Å². The minimum Gasteiger partial charge on any atom is -0.325 e. The van der Waals surface area contributed by atoms with Crippen LogP contribution in [0.2, 0.25) is 0 Å². The third-order valence-corrected chi connectivity index (χ3v) is 4.05. The van der Waals surface area contributed by atoms with Crippen molar-refractivity contribution in [1.82, 2.24) is 10.2 Å². The monoisotopic (exact) mass is 299 g/mol. The van der Waals surface area contributed by atoms with Crippen molar-refractivity contribution in [3.63, 3.8) is 0 Å². The largest absolute Gasteiger partial charge is 0.325 e. The van der Waals surface area contributed by atoms with Crippen LogP contribution < -0.4 is 10.6 Å². The Morgan fingerprint density at radius 1 is 1.59 bits per heavy atom. The molecule has 2 rings (SSSR count). The van der Waals surface area contributed by atoms with Gasteiger partial charge in [0.25, 0.3) is 0 Å². The lowest BCUT2D eigenvalue weighted by atomic mass is 9.97. The molecular weight excluding hydrogens is 278 g/mol. The SMILES string of the molecule is CCC(C)C1C(=O)Nc2ccccc2CN1C(=NC)NC#N. The first kappa shape index (κ1) is 15.8. The van der Waals surface area contributed by atoms with Crippen molar-refractivity contribution < 1.29 is 4.79 Å². The molecule has 0 aliphatic carbocycles. The Bertz CT molecular complexity index is 619. The van der Waals surface area contributed by atoms with Crippen molar-refractivity contribution in [3.05, 3.63) is 29.8 Å². The molecule has 2 N–H and O–H groups in total. The van der Waals surface area contributed by atoms with Gasteiger partial charge in [0.1, 0.15) is 6.04 Å². The molecule has 22 heavy (non-hydrogen) atoms. The Kier molecular flexibility index (Phi) is 4.99. The number of hydrogen-bond donors (Lipinski definition) is 2. The van der Waals surface area contributed by atoms with Crippen molar-refractivity contribution in [2.75, 3.05) is 12.4 Å². The van der Waals surface area contributed by atoms with Gasteiger partial charge in [0.15, 0.2) is 6.19 Å². The van der Waals surface area contributed by atoms with E-state index in [0.29, 0.717) is 12.5 Å². The third kappa shape index (κ3) is 3.03. The second-order valence-corrected chi connectivity index (χ2v) is 5.39. The van der Waals surface area contributed by atoms with E-state index in [2.05, 4.69) is 22.5 Å². The molecule has 0 saturated heterocycles. The lowest BCUT2D eigenvalue weighted by Crippen LogP contribution is -2.52. The number of anilines is 1. The molecule has 0 fully saturated rings. The second kappa shape index (κ2) is 6.94. The van der Waals surface area contributed by atoms with E-state index in [4.69, 9.17) is 5.26 Å². The molecule has 0 spiro atoms. The number of nitriles is 1. The van der Waals surface area contributed by atoms with Gasteiger partial charge in [0.2, 0.25) is 11.9 Å². The van der Waals surface area contributed by atoms with Crippen LogP contribution in [0.15, 0.2) is 29.3 Å². The summed E-state index contributed by atoms with van der Waals surface area (Å²) in [6.07, 6.45) is 2.75. The van der Waals surface area contributed by atoms with Crippen LogP contribution in [-0.4, -0.2) is 29.9 Å². The Balaban J connectivity index is 2.48. The van der Waals surface area contributed by atoms with Crippen LogP contribution in [0.1, 0.15) is 25.8 Å². The molecule has 6 heteroatoms. The van der Waals surface area contributed by atoms with E-state index in [1.54, 1.807) is 7.05 Å². The highest BCUT2D eigenvalue weighted by molar-refractivity contribution is 5.99. The fraction of sp³-hybridized carbons (Fsp3) is 0.438. The summed E-state index contributed by atoms with van der Waals surface area (Å²) in [7, 11) is 1.61. The molecule has 1 aromatic rings. The van der Waals surface area contributed by atoms with E-state index in [0.717, 1.165) is 17.7 Å². The van der Waals surface area contributed by atoms with Crippen LogP contribution in [0.3, 0.4) is 0 Å². The van der Waals surface area contributed by atoms with E-state index in [-0.39, 0.29) is 17.9 Å². The number of carbonyl (C=O) groups is 1. The predicted octanol–water partition coefficient (Wildman–Crippen LogP) is 1.91. The first-order valence-electron chi connectivity index (χ1n) is 7.39. The lowest BCUT2D eigenvalue weighted by Gasteiger charge is -2.33. The average molecular weight is 299 g/mol. The maximum Gasteiger partial charge on any atom is 0.247 e. The summed E-state index contributed by atoms with van der Waals surface area (Å²) >= 11 is 0. The highest BCUT2D eigenvalue weighted by Gasteiger charge is 2.35. The van der Waals surface area contributed by atoms with E-state index in [1.807, 2.05) is 42.3 Å². The minimum absolute atomic E-state index is 0.0693. The number of fused-ring (bicyclic) bond motifs is 1. The van der Waals surface area contributed by atoms with Gasteiger partial charge in [0.05, 0.1) is 0 Å². The number of nitrogens with zero attached hydrogens (tertiary/aromatic N) is 3. The number of hydrogen-bond acceptors (Lipinski definition) is 3. The smallest absolute Gasteiger partial charge is 0.247 e. The first-order valence-corrected chi connectivity index (χ1v) is 7.39. The number of carbonyl (C=O) groups excluding carboxylic acids is 1. The van der Waals surface area contributed by atoms with Crippen molar-refractivity contribution in [2.45, 2.75) is 32.9 Å². The molecule has 1 heterocycles. The van der Waals surface area contributed by atoms with Gasteiger partial charge < -0.3 is 10.2 Å². The normalized spacial score (nSPS) is 19.5. The van der Waals surface area contributed by atoms with Gasteiger partial charge in [-0.2, -0.15) is 5.26 Å². The summed E-state index contributed by atoms with van der Waals surface area (Å²) in [5, 5.41) is 14.5. The molecular formula is C16H21N5O. The maximum absolute atomic E-state index is 12.7. The molecule has 1 aliphatic heterocycles. The zero-order chi connectivity index (χ0) is 16.1. The molecule has 0 aromatic heterocycles. The number of benzene rings is 1. The van der Waals surface area contributed by atoms with Crippen molar-refractivity contribution in [1.29, 1.82) is 5.26 Å². The Morgan fingerprint density at radius 3 is 2.95 bits per heavy atom. The fourth-order valence-corrected chi connectivity index (χ4v) is 2.71. The molecule has 0 radical (unpaired) electrons. The fourth-order valence-electron chi connectivity index (χ4n) is 2.71. The first-order chi connectivity index (χ1) is 10.6. The lowest BCUT2D eigenvalue weighted by molar-refractivity contribution is -0.121. The molecule has 0 saturated carbocycles. The Labute approximate surface area is 130 Å². The summed E-state index contributed by atoms with van der Waals surface area (Å²) in [5.41, 5.74) is 1.82. The Morgan fingerprint density at radius 2 is 2.32 bits per heavy atom. The van der Waals surface area contributed by atoms with Gasteiger partial charge in [-0.15, -0.1) is 0 Å². The predicted molar refractivity (Wildman–Crippen MR) is 86.0 cm³/mol. The summed E-state index contributed by atoms with van der Waals surface area (Å²) in [5.74, 6) is 0.478. The molecule has 6 nitrogen and oxygen atoms in total. The van der Waals surface area contributed by atoms with Crippen LogP contribution in [0.5, 0.6) is 0 Å². The van der Waals surface area contributed by atoms with Crippen molar-refractivity contribution in [3.8, 4) is 6.19 Å². The van der Waals surface area contributed by atoms with Crippen LogP contribution in [-0.2, 0) is 11.3 Å². The topological polar surface area (TPSA) is 80.5 Å². The molecule has 2 unspecified atom stereocenters. The number of nitrogens with one attached hydrogen (secondary N) is 2. The minimum atomic E-state index is -0.378. The summed E-state index contributed by atoms with van der Waals surface area (Å²) in [6, 6.07) is 7.33. The summed E-state index contributed by atoms with van der Waals surface area (Å²) in [6.45, 7) is 4.60. The van der Waals surface area contributed by atoms with Crippen LogP contribution in [0.4, 0.5) is 5.69 Å². The van der Waals surface area contributed by atoms with Gasteiger partial charge in [-0.3, -0.25) is 15.1 Å². The van der Waals surface area contributed by atoms with E-state index >= 15 is 0 Å². The van der Waals surface area contributed by atoms with Crippen LogP contribution >= 0.6 is 0 Å². The Hall–Kier alpha value is -2.55. The van der Waals surface area contributed by atoms with E-state index in [1.165, 1.54) is 0 Å². The zero-order valence-electron chi connectivity index (χ0n) is 13.1. The van der Waals surface area contributed by atoms with Gasteiger partial charge in [-0.1, -0.05) is 38.5 Å². The van der Waals surface area contributed by atoms with Crippen molar-refractivity contribution >= 4 is 17.6 Å². The zero-order valence-corrected chi connectivity index (χ0v) is 13.1. The average Bonchev–Trinajstić information content (AvgIpc) is 2.67. The van der Waals surface area contributed by atoms with Crippen molar-refractivity contribution in [2.24, 2.45) is 10.9 Å². The molecule has 1 aliphatic rings. The number of guanidine groups is 1. The molecule has 1 aromatic carbocycles. The van der Waals surface area contributed by atoms with E-state index < -0.39 is 0 Å². The number of para-hydroxylation sites is 1. The molecule has 116 valence electrons. The highest BCUT2D eigenvalue weighted by Crippen LogP contribution is 2.27. The summed E-state index contributed by atoms with van der Waals surface area (Å²) < 4.78 is 0. The maximum atomic E-state index is 12.7. The standard InChI is InChI=1S/C16H21N5O/c1-4-11(2)14-15(22)20-13-8-6-5-7-12(13)9-21(14)16(18-3)19-10-17/h5-8,11,14H,4,9H2,1-3H3,(H,18,19)(H,20,22). The van der Waals surface area contributed by atoms with Gasteiger partial charge in [0, 0.05) is 19.3 Å². The molecule has 2 atom stereocenters. The number of amides is 1. The second-order valence-electron chi connectivity index (χ2n) is 5.39.